The third kappa shape index (κ3) is 8.08. The average Bonchev–Trinajstić information content (AvgIpc) is 4.36. The number of hydrogen-bond donors (Lipinski definition) is 0. The van der Waals surface area contributed by atoms with Gasteiger partial charge in [-0.05, 0) is 141 Å². The van der Waals surface area contributed by atoms with E-state index in [9.17, 15) is 0 Å². The summed E-state index contributed by atoms with van der Waals surface area (Å²) in [5.74, 6) is 0. The fraction of sp³-hybridized carbons (Fsp3) is 0. The Bertz CT molecular complexity index is 4580. The molecule has 0 fully saturated rings. The Morgan fingerprint density at radius 1 is 0.185 bits per heavy atom. The Kier molecular flexibility index (Phi) is 10.8. The van der Waals surface area contributed by atoms with Crippen LogP contribution >= 0.6 is 0 Å². The van der Waals surface area contributed by atoms with Crippen molar-refractivity contribution in [2.24, 2.45) is 0 Å². The van der Waals surface area contributed by atoms with Crippen molar-refractivity contribution >= 4 is 65.8 Å². The zero-order chi connectivity index (χ0) is 53.4. The van der Waals surface area contributed by atoms with Crippen LogP contribution < -0.4 is 0 Å². The van der Waals surface area contributed by atoms with Gasteiger partial charge in [0.15, 0.2) is 0 Å². The van der Waals surface area contributed by atoms with Gasteiger partial charge in [0, 0.05) is 84.3 Å². The van der Waals surface area contributed by atoms with Gasteiger partial charge in [-0.1, -0.05) is 164 Å². The van der Waals surface area contributed by atoms with E-state index in [1.54, 1.807) is 0 Å². The first-order valence-electron chi connectivity index (χ1n) is 27.2. The molecule has 0 bridgehead atoms. The molecule has 10 aromatic carbocycles. The summed E-state index contributed by atoms with van der Waals surface area (Å²) >= 11 is 0. The van der Waals surface area contributed by atoms with E-state index in [2.05, 4.69) is 200 Å². The number of benzene rings is 10. The normalized spacial score (nSPS) is 11.7. The first-order chi connectivity index (χ1) is 40.1. The maximum absolute atomic E-state index is 6.26. The molecule has 0 aliphatic rings. The molecule has 16 aromatic rings. The maximum atomic E-state index is 6.26. The molecule has 0 amide bonds. The zero-order valence-electron chi connectivity index (χ0n) is 43.5. The molecule has 0 aliphatic carbocycles. The minimum atomic E-state index is 0.847. The van der Waals surface area contributed by atoms with Gasteiger partial charge in [0.25, 0.3) is 0 Å². The van der Waals surface area contributed by atoms with Crippen LogP contribution in [-0.2, 0) is 0 Å². The molecule has 0 unspecified atom stereocenters. The molecule has 6 heterocycles. The number of rotatable bonds is 9. The third-order valence-electron chi connectivity index (χ3n) is 15.9. The van der Waals surface area contributed by atoms with Gasteiger partial charge < -0.3 is 13.3 Å². The summed E-state index contributed by atoms with van der Waals surface area (Å²) in [7, 11) is 0. The number of nitrogens with zero attached hydrogens (tertiary/aromatic N) is 3. The largest absolute Gasteiger partial charge is 0.456 e. The van der Waals surface area contributed by atoms with Crippen molar-refractivity contribution in [3.8, 4) is 101 Å². The fourth-order valence-corrected chi connectivity index (χ4v) is 11.9. The lowest BCUT2D eigenvalue weighted by molar-refractivity contribution is 0.668. The molecule has 81 heavy (non-hydrogen) atoms. The highest BCUT2D eigenvalue weighted by Crippen LogP contribution is 2.44. The van der Waals surface area contributed by atoms with Crippen LogP contribution in [-0.4, -0.2) is 15.0 Å². The predicted molar refractivity (Wildman–Crippen MR) is 331 cm³/mol. The number of para-hydroxylation sites is 3. The van der Waals surface area contributed by atoms with Crippen LogP contribution in [0.1, 0.15) is 0 Å². The van der Waals surface area contributed by atoms with Gasteiger partial charge in [0.1, 0.15) is 33.5 Å². The molecule has 0 radical (unpaired) electrons. The summed E-state index contributed by atoms with van der Waals surface area (Å²) in [4.78, 5) is 15.2. The quantitative estimate of drug-likeness (QED) is 0.143. The van der Waals surface area contributed by atoms with Crippen molar-refractivity contribution in [3.63, 3.8) is 0 Å². The SMILES string of the molecule is c1ccc(-c2cc(-c3ccccc3-c3ccc(-c4ccc5c(c4)oc4ccccc45)nc3)cc(-c3ccccc3-c3ccc(-c4ccc5c(c4)oc4ccccc45)nc3)c2)c(-c2ccc(-c3ccc4c(c3)oc3ccccc34)nc2)c1. The van der Waals surface area contributed by atoms with Gasteiger partial charge in [0.2, 0.25) is 0 Å². The Balaban J connectivity index is 0.793. The lowest BCUT2D eigenvalue weighted by Gasteiger charge is -2.18. The summed E-state index contributed by atoms with van der Waals surface area (Å²) in [5, 5.41) is 6.62. The first-order valence-corrected chi connectivity index (χ1v) is 27.2. The maximum Gasteiger partial charge on any atom is 0.136 e. The molecule has 0 saturated carbocycles. The van der Waals surface area contributed by atoms with Gasteiger partial charge in [-0.15, -0.1) is 0 Å². The van der Waals surface area contributed by atoms with E-state index >= 15 is 0 Å². The van der Waals surface area contributed by atoms with E-state index in [1.165, 1.54) is 0 Å². The Labute approximate surface area is 465 Å². The van der Waals surface area contributed by atoms with Crippen molar-refractivity contribution in [1.82, 2.24) is 15.0 Å². The van der Waals surface area contributed by atoms with Crippen molar-refractivity contribution in [2.75, 3.05) is 0 Å². The van der Waals surface area contributed by atoms with Crippen LogP contribution in [0.15, 0.2) is 287 Å². The van der Waals surface area contributed by atoms with Crippen LogP contribution in [0.4, 0.5) is 0 Å². The summed E-state index contributed by atoms with van der Waals surface area (Å²) in [6, 6.07) is 89.3. The second kappa shape index (κ2) is 18.9. The van der Waals surface area contributed by atoms with Crippen LogP contribution in [0, 0.1) is 0 Å². The minimum absolute atomic E-state index is 0.847. The second-order valence-electron chi connectivity index (χ2n) is 20.7. The van der Waals surface area contributed by atoms with E-state index < -0.39 is 0 Å². The fourth-order valence-electron chi connectivity index (χ4n) is 11.9. The highest BCUT2D eigenvalue weighted by Gasteiger charge is 2.19. The summed E-state index contributed by atoms with van der Waals surface area (Å²) in [6.45, 7) is 0. The van der Waals surface area contributed by atoms with Crippen molar-refractivity contribution in [1.29, 1.82) is 0 Å². The van der Waals surface area contributed by atoms with Gasteiger partial charge >= 0.3 is 0 Å². The van der Waals surface area contributed by atoms with E-state index in [1.807, 2.05) is 73.2 Å². The van der Waals surface area contributed by atoms with Gasteiger partial charge in [-0.25, -0.2) is 0 Å². The number of aromatic nitrogens is 3. The summed E-state index contributed by atoms with van der Waals surface area (Å²) in [6.07, 6.45) is 5.97. The van der Waals surface area contributed by atoms with Crippen LogP contribution in [0.3, 0.4) is 0 Å². The number of furan rings is 3. The molecule has 0 aliphatic heterocycles. The zero-order valence-corrected chi connectivity index (χ0v) is 43.5. The second-order valence-corrected chi connectivity index (χ2v) is 20.7. The number of hydrogen-bond acceptors (Lipinski definition) is 6. The van der Waals surface area contributed by atoms with Crippen LogP contribution in [0.25, 0.3) is 166 Å². The highest BCUT2D eigenvalue weighted by atomic mass is 16.3. The van der Waals surface area contributed by atoms with E-state index in [-0.39, 0.29) is 0 Å². The number of fused-ring (bicyclic) bond motifs is 9. The molecular weight excluding hydrogens is 991 g/mol. The topological polar surface area (TPSA) is 78.1 Å². The smallest absolute Gasteiger partial charge is 0.136 e. The monoisotopic (exact) mass is 1040 g/mol. The van der Waals surface area contributed by atoms with Crippen LogP contribution in [0.5, 0.6) is 0 Å². The molecule has 0 atom stereocenters. The average molecular weight is 1040 g/mol. The molecular formula is C75H45N3O3. The van der Waals surface area contributed by atoms with Gasteiger partial charge in [0.05, 0.1) is 17.1 Å². The molecule has 16 rings (SSSR count). The van der Waals surface area contributed by atoms with Gasteiger partial charge in [-0.2, -0.15) is 0 Å². The van der Waals surface area contributed by atoms with Gasteiger partial charge in [-0.3, -0.25) is 15.0 Å². The Morgan fingerprint density at radius 3 is 0.716 bits per heavy atom. The third-order valence-corrected chi connectivity index (χ3v) is 15.9. The standard InChI is InChI=1S/C75H45N3O3/c1-4-16-58(55(13-1)49-28-34-67(76-43-49)46-25-31-64-61-19-7-10-22-70(61)79-73(64)40-46)52-37-53(59-17-5-2-14-56(59)50-29-35-68(77-44-50)47-26-32-65-62-20-8-11-23-71(62)80-74(65)41-47)39-54(38-52)60-18-6-3-15-57(60)51-30-36-69(78-45-51)48-27-33-66-63-21-9-12-24-72(63)81-75(66)42-48/h1-45H. The molecule has 0 N–H and O–H groups in total. The molecule has 0 saturated heterocycles. The highest BCUT2D eigenvalue weighted by molar-refractivity contribution is 6.08. The molecule has 0 spiro atoms. The predicted octanol–water partition coefficient (Wildman–Crippen LogP) is 20.6. The van der Waals surface area contributed by atoms with E-state index in [0.717, 1.165) is 166 Å². The lowest BCUT2D eigenvalue weighted by Crippen LogP contribution is -1.93. The Morgan fingerprint density at radius 2 is 0.432 bits per heavy atom. The lowest BCUT2D eigenvalue weighted by atomic mass is 9.86. The number of pyridine rings is 3. The van der Waals surface area contributed by atoms with Crippen molar-refractivity contribution in [3.05, 3.63) is 273 Å². The minimum Gasteiger partial charge on any atom is -0.456 e. The van der Waals surface area contributed by atoms with Crippen molar-refractivity contribution in [2.45, 2.75) is 0 Å². The van der Waals surface area contributed by atoms with Crippen LogP contribution in [0.2, 0.25) is 0 Å². The summed E-state index contributed by atoms with van der Waals surface area (Å²) in [5.41, 5.74) is 23.6. The van der Waals surface area contributed by atoms with E-state index in [4.69, 9.17) is 28.2 Å². The molecule has 6 nitrogen and oxygen atoms in total. The molecule has 6 heteroatoms. The molecule has 378 valence electrons. The Hall–Kier alpha value is -11.0. The van der Waals surface area contributed by atoms with E-state index in [0.29, 0.717) is 0 Å². The van der Waals surface area contributed by atoms with Crippen molar-refractivity contribution < 1.29 is 13.3 Å². The summed E-state index contributed by atoms with van der Waals surface area (Å²) < 4.78 is 18.8. The first kappa shape index (κ1) is 46.2. The molecule has 6 aromatic heterocycles.